The van der Waals surface area contributed by atoms with E-state index in [9.17, 15) is 9.90 Å². The summed E-state index contributed by atoms with van der Waals surface area (Å²) in [7, 11) is 0. The molecular weight excluding hydrogens is 490 g/mol. The topological polar surface area (TPSA) is 104 Å². The Hall–Kier alpha value is -3.01. The van der Waals surface area contributed by atoms with E-state index in [2.05, 4.69) is 79.7 Å². The number of carbonyl (C=O) groups is 1. The zero-order chi connectivity index (χ0) is 27.5. The minimum Gasteiger partial charge on any atom is -0.480 e. The fourth-order valence-corrected chi connectivity index (χ4v) is 6.38. The van der Waals surface area contributed by atoms with Crippen molar-refractivity contribution in [1.82, 2.24) is 34.6 Å². The van der Waals surface area contributed by atoms with Crippen LogP contribution in [0.4, 0.5) is 0 Å². The Morgan fingerprint density at radius 2 is 1.59 bits per heavy atom. The lowest BCUT2D eigenvalue weighted by Crippen LogP contribution is -2.44. The van der Waals surface area contributed by atoms with Crippen LogP contribution in [-0.4, -0.2) is 77.9 Å². The number of imidazole rings is 2. The zero-order valence-electron chi connectivity index (χ0n) is 23.6. The van der Waals surface area contributed by atoms with Crippen molar-refractivity contribution in [2.75, 3.05) is 26.2 Å². The van der Waals surface area contributed by atoms with E-state index in [4.69, 9.17) is 0 Å². The van der Waals surface area contributed by atoms with Gasteiger partial charge in [-0.15, -0.1) is 0 Å². The summed E-state index contributed by atoms with van der Waals surface area (Å²) in [5, 5.41) is 10.1. The molecule has 1 spiro atoms. The molecule has 2 aliphatic heterocycles. The number of aliphatic carboxylic acids is 1. The summed E-state index contributed by atoms with van der Waals surface area (Å²) >= 11 is 0. The molecule has 3 aromatic rings. The number of nitrogens with zero attached hydrogens (tertiary/aromatic N) is 5. The molecule has 0 bridgehead atoms. The Kier molecular flexibility index (Phi) is 8.21. The molecule has 2 aromatic heterocycles. The third-order valence-corrected chi connectivity index (χ3v) is 8.18. The number of H-pyrrole nitrogens is 2. The first-order valence-corrected chi connectivity index (χ1v) is 14.1. The Morgan fingerprint density at radius 3 is 2.10 bits per heavy atom. The van der Waals surface area contributed by atoms with E-state index in [-0.39, 0.29) is 10.8 Å². The monoisotopic (exact) mass is 533 g/mol. The van der Waals surface area contributed by atoms with Crippen molar-refractivity contribution in [3.05, 3.63) is 71.8 Å². The molecule has 0 saturated carbocycles. The fourth-order valence-electron chi connectivity index (χ4n) is 6.38. The molecule has 9 nitrogen and oxygen atoms in total. The molecule has 2 saturated heterocycles. The van der Waals surface area contributed by atoms with Crippen molar-refractivity contribution in [2.24, 2.45) is 10.8 Å². The Bertz CT molecular complexity index is 1140. The second kappa shape index (κ2) is 11.6. The predicted octanol–water partition coefficient (Wildman–Crippen LogP) is 4.12. The van der Waals surface area contributed by atoms with Gasteiger partial charge >= 0.3 is 5.97 Å². The van der Waals surface area contributed by atoms with Gasteiger partial charge in [-0.05, 0) is 54.3 Å². The first-order chi connectivity index (χ1) is 18.7. The lowest BCUT2D eigenvalue weighted by atomic mass is 9.76. The van der Waals surface area contributed by atoms with Crippen molar-refractivity contribution < 1.29 is 9.90 Å². The lowest BCUT2D eigenvalue weighted by molar-refractivity contribution is -0.142. The van der Waals surface area contributed by atoms with Gasteiger partial charge in [0.05, 0.1) is 13.1 Å². The predicted molar refractivity (Wildman–Crippen MR) is 151 cm³/mol. The highest BCUT2D eigenvalue weighted by atomic mass is 16.4. The van der Waals surface area contributed by atoms with E-state index in [1.165, 1.54) is 5.56 Å². The van der Waals surface area contributed by atoms with Crippen LogP contribution in [-0.2, 0) is 31.0 Å². The average Bonchev–Trinajstić information content (AvgIpc) is 3.64. The second-order valence-corrected chi connectivity index (χ2v) is 12.8. The first kappa shape index (κ1) is 27.6. The van der Waals surface area contributed by atoms with Crippen LogP contribution in [0, 0.1) is 10.8 Å². The van der Waals surface area contributed by atoms with Crippen LogP contribution in [0.3, 0.4) is 0 Å². The summed E-state index contributed by atoms with van der Waals surface area (Å²) < 4.78 is 0. The van der Waals surface area contributed by atoms with E-state index in [0.29, 0.717) is 19.6 Å². The SMILES string of the molecule is CC(C)(C)CN1CCC2(CC1)C[C@@H](C(=O)O)N(Cc1ccc(CN(Cc3ncc[nH]3)Cc3ncc[nH]3)cc1)C2. The van der Waals surface area contributed by atoms with Crippen molar-refractivity contribution >= 4 is 5.97 Å². The highest BCUT2D eigenvalue weighted by molar-refractivity contribution is 5.74. The minimum atomic E-state index is -0.688. The number of benzene rings is 1. The number of aromatic amines is 2. The molecule has 0 radical (unpaired) electrons. The zero-order valence-corrected chi connectivity index (χ0v) is 23.6. The highest BCUT2D eigenvalue weighted by Gasteiger charge is 2.48. The quantitative estimate of drug-likeness (QED) is 0.360. The number of likely N-dealkylation sites (tertiary alicyclic amines) is 2. The van der Waals surface area contributed by atoms with Gasteiger partial charge in [0.1, 0.15) is 17.7 Å². The molecule has 2 fully saturated rings. The van der Waals surface area contributed by atoms with Crippen molar-refractivity contribution in [1.29, 1.82) is 0 Å². The number of carboxylic acid groups (broad SMARTS) is 1. The smallest absolute Gasteiger partial charge is 0.320 e. The molecule has 3 N–H and O–H groups in total. The van der Waals surface area contributed by atoms with Gasteiger partial charge < -0.3 is 20.0 Å². The van der Waals surface area contributed by atoms with Gasteiger partial charge in [-0.1, -0.05) is 45.0 Å². The van der Waals surface area contributed by atoms with Crippen molar-refractivity contribution in [3.63, 3.8) is 0 Å². The fraction of sp³-hybridized carbons (Fsp3) is 0.567. The number of carboxylic acids is 1. The molecule has 0 amide bonds. The second-order valence-electron chi connectivity index (χ2n) is 12.8. The summed E-state index contributed by atoms with van der Waals surface area (Å²) in [6.45, 7) is 13.8. The first-order valence-electron chi connectivity index (χ1n) is 14.1. The maximum absolute atomic E-state index is 12.2. The number of rotatable bonds is 10. The van der Waals surface area contributed by atoms with Crippen molar-refractivity contribution in [2.45, 2.75) is 72.3 Å². The van der Waals surface area contributed by atoms with E-state index < -0.39 is 12.0 Å². The van der Waals surface area contributed by atoms with Gasteiger partial charge in [0.25, 0.3) is 0 Å². The van der Waals surface area contributed by atoms with Gasteiger partial charge in [0.2, 0.25) is 0 Å². The molecule has 9 heteroatoms. The van der Waals surface area contributed by atoms with Crippen LogP contribution in [0.25, 0.3) is 0 Å². The molecule has 210 valence electrons. The third kappa shape index (κ3) is 7.35. The number of hydrogen-bond acceptors (Lipinski definition) is 6. The van der Waals surface area contributed by atoms with Gasteiger partial charge in [0, 0.05) is 51.0 Å². The summed E-state index contributed by atoms with van der Waals surface area (Å²) in [5.41, 5.74) is 2.78. The highest BCUT2D eigenvalue weighted by Crippen LogP contribution is 2.44. The summed E-state index contributed by atoms with van der Waals surface area (Å²) in [6.07, 6.45) is 10.2. The van der Waals surface area contributed by atoms with Gasteiger partial charge in [-0.25, -0.2) is 9.97 Å². The summed E-state index contributed by atoms with van der Waals surface area (Å²) in [6, 6.07) is 8.24. The van der Waals surface area contributed by atoms with Crippen LogP contribution in [0.2, 0.25) is 0 Å². The number of aromatic nitrogens is 4. The van der Waals surface area contributed by atoms with E-state index in [0.717, 1.165) is 69.2 Å². The van der Waals surface area contributed by atoms with E-state index in [1.54, 1.807) is 12.4 Å². The maximum atomic E-state index is 12.2. The number of piperidine rings is 1. The molecule has 2 aliphatic rings. The van der Waals surface area contributed by atoms with Crippen molar-refractivity contribution in [3.8, 4) is 0 Å². The molecule has 1 atom stereocenters. The Labute approximate surface area is 231 Å². The largest absolute Gasteiger partial charge is 0.480 e. The van der Waals surface area contributed by atoms with Gasteiger partial charge in [-0.2, -0.15) is 0 Å². The Balaban J connectivity index is 1.21. The van der Waals surface area contributed by atoms with Crippen LogP contribution >= 0.6 is 0 Å². The maximum Gasteiger partial charge on any atom is 0.320 e. The Morgan fingerprint density at radius 1 is 1.00 bits per heavy atom. The molecular formula is C30H43N7O2. The molecule has 0 unspecified atom stereocenters. The standard InChI is InChI=1S/C30H43N7O2/c1-29(2,3)21-35-14-8-30(9-15-35)16-25(28(38)39)37(22-30)18-24-6-4-23(5-7-24)17-36(19-26-31-10-11-32-26)20-27-33-12-13-34-27/h4-7,10-13,25H,8-9,14-22H2,1-3H3,(H,31,32)(H,33,34)(H,38,39)/t25-/m0/s1. The average molecular weight is 534 g/mol. The van der Waals surface area contributed by atoms with E-state index in [1.807, 2.05) is 12.4 Å². The molecule has 1 aromatic carbocycles. The van der Waals surface area contributed by atoms with Crippen LogP contribution in [0.1, 0.15) is 62.8 Å². The lowest BCUT2D eigenvalue weighted by Gasteiger charge is -2.41. The molecule has 5 rings (SSSR count). The summed E-state index contributed by atoms with van der Waals surface area (Å²) in [5.74, 6) is 1.15. The van der Waals surface area contributed by atoms with Gasteiger partial charge in [0.15, 0.2) is 0 Å². The molecule has 0 aliphatic carbocycles. The number of hydrogen-bond donors (Lipinski definition) is 3. The van der Waals surface area contributed by atoms with Crippen LogP contribution in [0.15, 0.2) is 49.1 Å². The summed E-state index contributed by atoms with van der Waals surface area (Å²) in [4.78, 5) is 34.5. The minimum absolute atomic E-state index is 0.121. The van der Waals surface area contributed by atoms with Crippen LogP contribution < -0.4 is 0 Å². The van der Waals surface area contributed by atoms with E-state index >= 15 is 0 Å². The number of nitrogens with one attached hydrogen (secondary N) is 2. The van der Waals surface area contributed by atoms with Gasteiger partial charge in [-0.3, -0.25) is 14.6 Å². The van der Waals surface area contributed by atoms with Crippen LogP contribution in [0.5, 0.6) is 0 Å². The molecule has 4 heterocycles. The third-order valence-electron chi connectivity index (χ3n) is 8.18. The normalized spacial score (nSPS) is 20.3. The molecule has 39 heavy (non-hydrogen) atoms.